The van der Waals surface area contributed by atoms with Crippen molar-refractivity contribution in [3.8, 4) is 0 Å². The van der Waals surface area contributed by atoms with E-state index in [0.29, 0.717) is 24.6 Å². The van der Waals surface area contributed by atoms with Crippen LogP contribution in [0, 0.1) is 5.82 Å². The molecule has 3 rings (SSSR count). The topological polar surface area (TPSA) is 76.4 Å². The van der Waals surface area contributed by atoms with Crippen LogP contribution in [0.5, 0.6) is 0 Å². The number of ether oxygens (including phenoxy) is 1. The van der Waals surface area contributed by atoms with E-state index in [9.17, 15) is 4.39 Å². The summed E-state index contributed by atoms with van der Waals surface area (Å²) in [6.07, 6.45) is 2.46. The minimum Gasteiger partial charge on any atom is -0.377 e. The zero-order chi connectivity index (χ0) is 19.9. The first-order valence-electron chi connectivity index (χ1n) is 9.49. The Morgan fingerprint density at radius 2 is 2.28 bits per heavy atom. The van der Waals surface area contributed by atoms with Gasteiger partial charge in [-0.2, -0.15) is 5.10 Å². The molecule has 0 aliphatic carbocycles. The minimum atomic E-state index is -0.328. The Balaban J connectivity index is 0.00000300. The minimum absolute atomic E-state index is 0. The van der Waals surface area contributed by atoms with Gasteiger partial charge in [0.05, 0.1) is 6.54 Å². The molecule has 0 spiro atoms. The lowest BCUT2D eigenvalue weighted by molar-refractivity contribution is 0.177. The van der Waals surface area contributed by atoms with Gasteiger partial charge in [-0.25, -0.2) is 14.1 Å². The van der Waals surface area contributed by atoms with E-state index in [2.05, 4.69) is 25.7 Å². The molecule has 1 aliphatic rings. The fraction of sp³-hybridized carbons (Fsp3) is 0.526. The highest BCUT2D eigenvalue weighted by Crippen LogP contribution is 2.18. The van der Waals surface area contributed by atoms with Crippen LogP contribution in [-0.2, 0) is 30.7 Å². The molecule has 0 bridgehead atoms. The van der Waals surface area contributed by atoms with Gasteiger partial charge in [-0.05, 0) is 37.5 Å². The zero-order valence-electron chi connectivity index (χ0n) is 16.6. The van der Waals surface area contributed by atoms with Crippen LogP contribution in [0.2, 0.25) is 5.02 Å². The van der Waals surface area contributed by atoms with E-state index < -0.39 is 0 Å². The van der Waals surface area contributed by atoms with Crippen molar-refractivity contribution in [2.75, 3.05) is 20.2 Å². The third-order valence-corrected chi connectivity index (χ3v) is 4.88. The first-order chi connectivity index (χ1) is 13.6. The molecule has 1 unspecified atom stereocenters. The third kappa shape index (κ3) is 6.78. The molecule has 1 aromatic carbocycles. The predicted molar refractivity (Wildman–Crippen MR) is 122 cm³/mol. The predicted octanol–water partition coefficient (Wildman–Crippen LogP) is 2.95. The van der Waals surface area contributed by atoms with E-state index in [1.807, 2.05) is 11.6 Å². The van der Waals surface area contributed by atoms with E-state index in [1.54, 1.807) is 13.2 Å². The van der Waals surface area contributed by atoms with Crippen LogP contribution in [0.4, 0.5) is 4.39 Å². The number of benzene rings is 1. The van der Waals surface area contributed by atoms with Gasteiger partial charge in [0, 0.05) is 37.7 Å². The smallest absolute Gasteiger partial charge is 0.191 e. The summed E-state index contributed by atoms with van der Waals surface area (Å²) in [6.45, 7) is 4.51. The monoisotopic (exact) mass is 536 g/mol. The fourth-order valence-electron chi connectivity index (χ4n) is 3.19. The molecular formula is C19H27ClFIN6O. The lowest BCUT2D eigenvalue weighted by Gasteiger charge is -2.25. The van der Waals surface area contributed by atoms with Crippen LogP contribution in [0.15, 0.2) is 23.2 Å². The summed E-state index contributed by atoms with van der Waals surface area (Å²) in [5, 5.41) is 11.7. The van der Waals surface area contributed by atoms with Crippen LogP contribution < -0.4 is 10.6 Å². The molecule has 160 valence electrons. The van der Waals surface area contributed by atoms with Crippen LogP contribution in [0.25, 0.3) is 0 Å². The Hall–Kier alpha value is -1.46. The van der Waals surface area contributed by atoms with Gasteiger partial charge in [0.1, 0.15) is 18.2 Å². The van der Waals surface area contributed by atoms with Gasteiger partial charge in [0.15, 0.2) is 11.8 Å². The molecular weight excluding hydrogens is 510 g/mol. The lowest BCUT2D eigenvalue weighted by Crippen LogP contribution is -2.47. The van der Waals surface area contributed by atoms with Crippen molar-refractivity contribution in [2.45, 2.75) is 45.4 Å². The standard InChI is InChI=1S/C19H26ClFN6O.HI/c1-3-22-19(23-9-8-13-4-5-14(21)10-16(13)20)24-15-6-7-18-25-17(12-28-2)26-27(18)11-15;/h4-5,10,15H,3,6-9,11-12H2,1-2H3,(H2,22,23,24);1H. The maximum absolute atomic E-state index is 13.2. The molecule has 0 fully saturated rings. The molecule has 2 N–H and O–H groups in total. The summed E-state index contributed by atoms with van der Waals surface area (Å²) >= 11 is 6.09. The van der Waals surface area contributed by atoms with Gasteiger partial charge in [0.25, 0.3) is 0 Å². The number of aromatic nitrogens is 3. The SMILES string of the molecule is CCNC(=NCCc1ccc(F)cc1Cl)NC1CCc2nc(COC)nn2C1.I. The van der Waals surface area contributed by atoms with Gasteiger partial charge < -0.3 is 15.4 Å². The molecule has 0 saturated carbocycles. The highest BCUT2D eigenvalue weighted by molar-refractivity contribution is 14.0. The van der Waals surface area contributed by atoms with Crippen molar-refractivity contribution >= 4 is 41.5 Å². The molecule has 0 radical (unpaired) electrons. The second kappa shape index (κ2) is 11.7. The molecule has 2 heterocycles. The van der Waals surface area contributed by atoms with Crippen molar-refractivity contribution in [3.05, 3.63) is 46.3 Å². The second-order valence-corrected chi connectivity index (χ2v) is 7.09. The summed E-state index contributed by atoms with van der Waals surface area (Å²) in [4.78, 5) is 9.14. The van der Waals surface area contributed by atoms with Crippen LogP contribution >= 0.6 is 35.6 Å². The summed E-state index contributed by atoms with van der Waals surface area (Å²) in [6, 6.07) is 4.68. The average Bonchev–Trinajstić information content (AvgIpc) is 3.05. The Kier molecular flexibility index (Phi) is 9.57. The molecule has 0 saturated heterocycles. The second-order valence-electron chi connectivity index (χ2n) is 6.69. The number of nitrogens with one attached hydrogen (secondary N) is 2. The Morgan fingerprint density at radius 1 is 1.45 bits per heavy atom. The quantitative estimate of drug-likeness (QED) is 0.323. The molecule has 7 nitrogen and oxygen atoms in total. The number of nitrogens with zero attached hydrogens (tertiary/aromatic N) is 4. The molecule has 1 atom stereocenters. The molecule has 29 heavy (non-hydrogen) atoms. The van der Waals surface area contributed by atoms with Gasteiger partial charge in [-0.3, -0.25) is 4.99 Å². The number of guanidine groups is 1. The first-order valence-corrected chi connectivity index (χ1v) is 9.87. The Labute approximate surface area is 192 Å². The van der Waals surface area contributed by atoms with Crippen LogP contribution in [0.3, 0.4) is 0 Å². The largest absolute Gasteiger partial charge is 0.377 e. The summed E-state index contributed by atoms with van der Waals surface area (Å²) in [5.41, 5.74) is 0.887. The van der Waals surface area contributed by atoms with Crippen molar-refractivity contribution < 1.29 is 9.13 Å². The lowest BCUT2D eigenvalue weighted by atomic mass is 10.1. The highest BCUT2D eigenvalue weighted by Gasteiger charge is 2.22. The Bertz CT molecular complexity index is 831. The number of aryl methyl sites for hydroxylation is 1. The summed E-state index contributed by atoms with van der Waals surface area (Å²) < 4.78 is 20.2. The molecule has 1 aliphatic heterocycles. The number of aliphatic imine (C=N–C) groups is 1. The number of rotatable bonds is 7. The third-order valence-electron chi connectivity index (χ3n) is 4.53. The number of fused-ring (bicyclic) bond motifs is 1. The van der Waals surface area contributed by atoms with E-state index >= 15 is 0 Å². The van der Waals surface area contributed by atoms with Crippen LogP contribution in [-0.4, -0.2) is 47.0 Å². The number of halogens is 3. The van der Waals surface area contributed by atoms with Gasteiger partial charge in [-0.15, -0.1) is 24.0 Å². The zero-order valence-corrected chi connectivity index (χ0v) is 19.7. The van der Waals surface area contributed by atoms with Gasteiger partial charge >= 0.3 is 0 Å². The fourth-order valence-corrected chi connectivity index (χ4v) is 3.46. The summed E-state index contributed by atoms with van der Waals surface area (Å²) in [7, 11) is 1.64. The molecule has 0 amide bonds. The highest BCUT2D eigenvalue weighted by atomic mass is 127. The van der Waals surface area contributed by atoms with Crippen molar-refractivity contribution in [1.82, 2.24) is 25.4 Å². The van der Waals surface area contributed by atoms with E-state index in [4.69, 9.17) is 16.3 Å². The van der Waals surface area contributed by atoms with Gasteiger partial charge in [-0.1, -0.05) is 17.7 Å². The normalized spacial score (nSPS) is 16.1. The van der Waals surface area contributed by atoms with Crippen molar-refractivity contribution in [2.24, 2.45) is 4.99 Å². The van der Waals surface area contributed by atoms with Crippen molar-refractivity contribution in [3.63, 3.8) is 0 Å². The molecule has 10 heteroatoms. The molecule has 1 aromatic heterocycles. The van der Waals surface area contributed by atoms with E-state index in [1.165, 1.54) is 12.1 Å². The molecule has 2 aromatic rings. The van der Waals surface area contributed by atoms with E-state index in [0.717, 1.165) is 49.1 Å². The van der Waals surface area contributed by atoms with Gasteiger partial charge in [0.2, 0.25) is 0 Å². The number of hydrogen-bond acceptors (Lipinski definition) is 4. The average molecular weight is 537 g/mol. The Morgan fingerprint density at radius 3 is 3.00 bits per heavy atom. The number of methoxy groups -OCH3 is 1. The number of hydrogen-bond donors (Lipinski definition) is 2. The van der Waals surface area contributed by atoms with Crippen LogP contribution in [0.1, 0.15) is 30.6 Å². The summed E-state index contributed by atoms with van der Waals surface area (Å²) in [5.74, 6) is 2.14. The first kappa shape index (κ1) is 23.8. The maximum Gasteiger partial charge on any atom is 0.191 e. The van der Waals surface area contributed by atoms with E-state index in [-0.39, 0.29) is 35.8 Å². The van der Waals surface area contributed by atoms with Crippen molar-refractivity contribution in [1.29, 1.82) is 0 Å². The maximum atomic E-state index is 13.2.